The second kappa shape index (κ2) is 5.51. The van der Waals surface area contributed by atoms with Crippen LogP contribution in [-0.2, 0) is 4.79 Å². The normalized spacial score (nSPS) is 20.2. The highest BCUT2D eigenvalue weighted by Gasteiger charge is 2.26. The molecule has 2 aromatic rings. The summed E-state index contributed by atoms with van der Waals surface area (Å²) in [6, 6.07) is 8.18. The van der Waals surface area contributed by atoms with E-state index in [4.69, 9.17) is 0 Å². The highest BCUT2D eigenvalue weighted by molar-refractivity contribution is 8.01. The van der Waals surface area contributed by atoms with Crippen LogP contribution in [0.4, 0.5) is 0 Å². The Morgan fingerprint density at radius 1 is 1.47 bits per heavy atom. The number of carbonyl (C=O) groups is 1. The molecule has 19 heavy (non-hydrogen) atoms. The Bertz CT molecular complexity index is 563. The highest BCUT2D eigenvalue weighted by Crippen LogP contribution is 2.32. The van der Waals surface area contributed by atoms with Gasteiger partial charge in [-0.2, -0.15) is 0 Å². The lowest BCUT2D eigenvalue weighted by atomic mass is 10.00. The molecule has 1 fully saturated rings. The average Bonchev–Trinajstić information content (AvgIpc) is 2.83. The first-order valence-corrected chi connectivity index (χ1v) is 8.27. The fraction of sp³-hybridized carbons (Fsp3) is 0.429. The second-order valence-corrected chi connectivity index (χ2v) is 7.16. The molecule has 100 valence electrons. The SMILES string of the molecule is CN1CCCC(CSc2nc3ccccc3s2)C1=O. The minimum absolute atomic E-state index is 0.163. The number of nitrogens with zero attached hydrogens (tertiary/aromatic N) is 2. The van der Waals surface area contributed by atoms with Crippen LogP contribution >= 0.6 is 23.1 Å². The summed E-state index contributed by atoms with van der Waals surface area (Å²) in [7, 11) is 1.90. The fourth-order valence-electron chi connectivity index (χ4n) is 2.36. The van der Waals surface area contributed by atoms with E-state index < -0.39 is 0 Å². The molecule has 1 aliphatic heterocycles. The van der Waals surface area contributed by atoms with E-state index in [1.165, 1.54) is 4.70 Å². The van der Waals surface area contributed by atoms with Crippen molar-refractivity contribution in [1.29, 1.82) is 0 Å². The molecule has 0 aliphatic carbocycles. The molecule has 1 atom stereocenters. The molecule has 1 saturated heterocycles. The maximum Gasteiger partial charge on any atom is 0.226 e. The molecular weight excluding hydrogens is 276 g/mol. The Morgan fingerprint density at radius 2 is 2.32 bits per heavy atom. The summed E-state index contributed by atoms with van der Waals surface area (Å²) >= 11 is 3.43. The summed E-state index contributed by atoms with van der Waals surface area (Å²) < 4.78 is 2.29. The number of benzene rings is 1. The van der Waals surface area contributed by atoms with Crippen LogP contribution in [-0.4, -0.2) is 35.1 Å². The minimum atomic E-state index is 0.163. The fourth-order valence-corrected chi connectivity index (χ4v) is 4.58. The second-order valence-electron chi connectivity index (χ2n) is 4.86. The van der Waals surface area contributed by atoms with E-state index in [-0.39, 0.29) is 5.92 Å². The molecule has 3 rings (SSSR count). The zero-order valence-electron chi connectivity index (χ0n) is 10.8. The molecule has 0 spiro atoms. The van der Waals surface area contributed by atoms with Gasteiger partial charge in [-0.05, 0) is 25.0 Å². The van der Waals surface area contributed by atoms with Crippen molar-refractivity contribution in [1.82, 2.24) is 9.88 Å². The molecule has 1 aliphatic rings. The van der Waals surface area contributed by atoms with Crippen molar-refractivity contribution in [3.63, 3.8) is 0 Å². The number of aromatic nitrogens is 1. The van der Waals surface area contributed by atoms with Crippen molar-refractivity contribution >= 4 is 39.2 Å². The number of thioether (sulfide) groups is 1. The number of thiazole rings is 1. The van der Waals surface area contributed by atoms with Gasteiger partial charge in [0.1, 0.15) is 0 Å². The molecular formula is C14H16N2OS2. The van der Waals surface area contributed by atoms with Gasteiger partial charge in [-0.3, -0.25) is 4.79 Å². The predicted molar refractivity (Wildman–Crippen MR) is 80.7 cm³/mol. The molecule has 1 amide bonds. The third-order valence-electron chi connectivity index (χ3n) is 3.45. The molecule has 0 bridgehead atoms. The molecule has 3 nitrogen and oxygen atoms in total. The van der Waals surface area contributed by atoms with Gasteiger partial charge >= 0.3 is 0 Å². The monoisotopic (exact) mass is 292 g/mol. The lowest BCUT2D eigenvalue weighted by molar-refractivity contribution is -0.135. The van der Waals surface area contributed by atoms with Crippen molar-refractivity contribution in [2.45, 2.75) is 17.2 Å². The van der Waals surface area contributed by atoms with Gasteiger partial charge in [-0.1, -0.05) is 23.9 Å². The van der Waals surface area contributed by atoms with E-state index in [0.717, 1.165) is 35.0 Å². The van der Waals surface area contributed by atoms with Crippen LogP contribution in [0.5, 0.6) is 0 Å². The van der Waals surface area contributed by atoms with Crippen LogP contribution in [0.15, 0.2) is 28.6 Å². The highest BCUT2D eigenvalue weighted by atomic mass is 32.2. The summed E-state index contributed by atoms with van der Waals surface area (Å²) in [6.45, 7) is 0.904. The van der Waals surface area contributed by atoms with E-state index in [1.807, 2.05) is 30.1 Å². The first kappa shape index (κ1) is 12.9. The van der Waals surface area contributed by atoms with Crippen molar-refractivity contribution < 1.29 is 4.79 Å². The molecule has 0 radical (unpaired) electrons. The Balaban J connectivity index is 1.67. The Labute approximate surface area is 121 Å². The first-order chi connectivity index (χ1) is 9.24. The van der Waals surface area contributed by atoms with Crippen LogP contribution in [0.2, 0.25) is 0 Å². The van der Waals surface area contributed by atoms with Crippen LogP contribution in [0, 0.1) is 5.92 Å². The quantitative estimate of drug-likeness (QED) is 0.814. The van der Waals surface area contributed by atoms with E-state index in [2.05, 4.69) is 11.1 Å². The van der Waals surface area contributed by atoms with Crippen LogP contribution < -0.4 is 0 Å². The number of piperidine rings is 1. The maximum atomic E-state index is 12.0. The number of likely N-dealkylation sites (tertiary alicyclic amines) is 1. The van der Waals surface area contributed by atoms with Crippen LogP contribution in [0.1, 0.15) is 12.8 Å². The molecule has 0 N–H and O–H groups in total. The summed E-state index contributed by atoms with van der Waals surface area (Å²) in [6.07, 6.45) is 2.13. The minimum Gasteiger partial charge on any atom is -0.345 e. The molecule has 1 aromatic carbocycles. The van der Waals surface area contributed by atoms with Gasteiger partial charge in [-0.15, -0.1) is 11.3 Å². The van der Waals surface area contributed by atoms with Gasteiger partial charge in [0, 0.05) is 25.3 Å². The van der Waals surface area contributed by atoms with E-state index in [0.29, 0.717) is 5.91 Å². The average molecular weight is 292 g/mol. The Kier molecular flexibility index (Phi) is 3.75. The molecule has 5 heteroatoms. The molecule has 1 aromatic heterocycles. The number of fused-ring (bicyclic) bond motifs is 1. The largest absolute Gasteiger partial charge is 0.345 e. The van der Waals surface area contributed by atoms with Gasteiger partial charge in [-0.25, -0.2) is 4.98 Å². The van der Waals surface area contributed by atoms with Crippen molar-refractivity contribution in [2.75, 3.05) is 19.3 Å². The number of rotatable bonds is 3. The number of carbonyl (C=O) groups excluding carboxylic acids is 1. The zero-order valence-corrected chi connectivity index (χ0v) is 12.5. The zero-order chi connectivity index (χ0) is 13.2. The van der Waals surface area contributed by atoms with Gasteiger partial charge in [0.2, 0.25) is 5.91 Å². The Hall–Kier alpha value is -1.07. The van der Waals surface area contributed by atoms with E-state index >= 15 is 0 Å². The summed E-state index contributed by atoms with van der Waals surface area (Å²) in [4.78, 5) is 18.5. The number of hydrogen-bond donors (Lipinski definition) is 0. The summed E-state index contributed by atoms with van der Waals surface area (Å²) in [5.41, 5.74) is 1.06. The van der Waals surface area contributed by atoms with Gasteiger partial charge < -0.3 is 4.90 Å². The third kappa shape index (κ3) is 2.77. The van der Waals surface area contributed by atoms with Crippen molar-refractivity contribution in [3.8, 4) is 0 Å². The molecule has 0 saturated carbocycles. The summed E-state index contributed by atoms with van der Waals surface area (Å²) in [5, 5.41) is 0. The van der Waals surface area contributed by atoms with Gasteiger partial charge in [0.05, 0.1) is 10.2 Å². The standard InChI is InChI=1S/C14H16N2OS2/c1-16-8-4-5-10(13(16)17)9-18-14-15-11-6-2-3-7-12(11)19-14/h2-3,6-7,10H,4-5,8-9H2,1H3. The van der Waals surface area contributed by atoms with Gasteiger partial charge in [0.25, 0.3) is 0 Å². The van der Waals surface area contributed by atoms with Crippen molar-refractivity contribution in [2.24, 2.45) is 5.92 Å². The summed E-state index contributed by atoms with van der Waals surface area (Å²) in [5.74, 6) is 1.30. The lowest BCUT2D eigenvalue weighted by Crippen LogP contribution is -2.39. The van der Waals surface area contributed by atoms with Crippen LogP contribution in [0.3, 0.4) is 0 Å². The predicted octanol–water partition coefficient (Wildman–Crippen LogP) is 3.26. The van der Waals surface area contributed by atoms with Gasteiger partial charge in [0.15, 0.2) is 4.34 Å². The number of amides is 1. The van der Waals surface area contributed by atoms with E-state index in [1.54, 1.807) is 23.1 Å². The molecule has 2 heterocycles. The smallest absolute Gasteiger partial charge is 0.226 e. The third-order valence-corrected chi connectivity index (χ3v) is 5.80. The molecule has 1 unspecified atom stereocenters. The lowest BCUT2D eigenvalue weighted by Gasteiger charge is -2.28. The Morgan fingerprint density at radius 3 is 3.16 bits per heavy atom. The number of para-hydroxylation sites is 1. The van der Waals surface area contributed by atoms with Crippen LogP contribution in [0.25, 0.3) is 10.2 Å². The first-order valence-electron chi connectivity index (χ1n) is 6.47. The maximum absolute atomic E-state index is 12.0. The van der Waals surface area contributed by atoms with E-state index in [9.17, 15) is 4.79 Å². The topological polar surface area (TPSA) is 33.2 Å². The number of hydrogen-bond acceptors (Lipinski definition) is 4. The van der Waals surface area contributed by atoms with Crippen molar-refractivity contribution in [3.05, 3.63) is 24.3 Å².